The quantitative estimate of drug-likeness (QED) is 0.719. The topological polar surface area (TPSA) is 12.5 Å². The third-order valence-electron chi connectivity index (χ3n) is 3.02. The molecule has 1 aromatic carbocycles. The van der Waals surface area contributed by atoms with Crippen LogP contribution in [-0.4, -0.2) is 31.1 Å². The van der Waals surface area contributed by atoms with Crippen molar-refractivity contribution in [3.63, 3.8) is 0 Å². The molecule has 0 amide bonds. The van der Waals surface area contributed by atoms with Gasteiger partial charge in [0.1, 0.15) is 12.4 Å². The molecule has 0 N–H and O–H groups in total. The van der Waals surface area contributed by atoms with Crippen molar-refractivity contribution in [1.82, 2.24) is 4.90 Å². The molecule has 1 saturated heterocycles. The lowest BCUT2D eigenvalue weighted by Gasteiger charge is -2.14. The molecule has 2 heteroatoms. The summed E-state index contributed by atoms with van der Waals surface area (Å²) in [5.41, 5.74) is 0. The SMILES string of the molecule is CN1CCC[C@@H]1/C=C/COc1ccccc1. The third-order valence-corrected chi connectivity index (χ3v) is 3.02. The Hall–Kier alpha value is -1.28. The Morgan fingerprint density at radius 1 is 1.38 bits per heavy atom. The van der Waals surface area contributed by atoms with Crippen LogP contribution in [0.3, 0.4) is 0 Å². The number of nitrogens with zero attached hydrogens (tertiary/aromatic N) is 1. The second-order valence-electron chi connectivity index (χ2n) is 4.24. The maximum Gasteiger partial charge on any atom is 0.119 e. The van der Waals surface area contributed by atoms with Crippen molar-refractivity contribution in [3.05, 3.63) is 42.5 Å². The van der Waals surface area contributed by atoms with Gasteiger partial charge in [-0.1, -0.05) is 24.3 Å². The van der Waals surface area contributed by atoms with E-state index in [4.69, 9.17) is 4.74 Å². The lowest BCUT2D eigenvalue weighted by atomic mass is 10.2. The zero-order chi connectivity index (χ0) is 11.2. The van der Waals surface area contributed by atoms with Crippen molar-refractivity contribution in [1.29, 1.82) is 0 Å². The molecule has 0 aromatic heterocycles. The van der Waals surface area contributed by atoms with E-state index < -0.39 is 0 Å². The van der Waals surface area contributed by atoms with Crippen LogP contribution in [0.1, 0.15) is 12.8 Å². The van der Waals surface area contributed by atoms with E-state index >= 15 is 0 Å². The van der Waals surface area contributed by atoms with Gasteiger partial charge in [0.2, 0.25) is 0 Å². The average molecular weight is 217 g/mol. The minimum Gasteiger partial charge on any atom is -0.490 e. The van der Waals surface area contributed by atoms with Gasteiger partial charge < -0.3 is 4.74 Å². The van der Waals surface area contributed by atoms with Gasteiger partial charge >= 0.3 is 0 Å². The number of hydrogen-bond acceptors (Lipinski definition) is 2. The van der Waals surface area contributed by atoms with Crippen molar-refractivity contribution in [2.75, 3.05) is 20.2 Å². The maximum atomic E-state index is 5.60. The van der Waals surface area contributed by atoms with Gasteiger partial charge in [-0.15, -0.1) is 0 Å². The van der Waals surface area contributed by atoms with E-state index in [1.54, 1.807) is 0 Å². The van der Waals surface area contributed by atoms with E-state index in [0.29, 0.717) is 12.6 Å². The molecule has 2 rings (SSSR count). The summed E-state index contributed by atoms with van der Waals surface area (Å²) in [5.74, 6) is 0.937. The van der Waals surface area contributed by atoms with Crippen molar-refractivity contribution in [3.8, 4) is 5.75 Å². The number of para-hydroxylation sites is 1. The first kappa shape index (κ1) is 11.2. The zero-order valence-corrected chi connectivity index (χ0v) is 9.80. The van der Waals surface area contributed by atoms with E-state index in [1.165, 1.54) is 19.4 Å². The number of benzene rings is 1. The van der Waals surface area contributed by atoms with Gasteiger partial charge in [-0.3, -0.25) is 4.90 Å². The van der Waals surface area contributed by atoms with Gasteiger partial charge in [-0.2, -0.15) is 0 Å². The van der Waals surface area contributed by atoms with Gasteiger partial charge in [0.25, 0.3) is 0 Å². The summed E-state index contributed by atoms with van der Waals surface area (Å²) in [5, 5.41) is 0. The van der Waals surface area contributed by atoms with Crippen LogP contribution >= 0.6 is 0 Å². The van der Waals surface area contributed by atoms with Crippen LogP contribution in [0.4, 0.5) is 0 Å². The van der Waals surface area contributed by atoms with E-state index in [0.717, 1.165) is 5.75 Å². The van der Waals surface area contributed by atoms with Crippen LogP contribution in [0.5, 0.6) is 5.75 Å². The second-order valence-corrected chi connectivity index (χ2v) is 4.24. The van der Waals surface area contributed by atoms with E-state index in [2.05, 4.69) is 24.1 Å². The normalized spacial score (nSPS) is 21.7. The highest BCUT2D eigenvalue weighted by atomic mass is 16.5. The summed E-state index contributed by atoms with van der Waals surface area (Å²) in [6.07, 6.45) is 6.97. The maximum absolute atomic E-state index is 5.60. The standard InChI is InChI=1S/C14H19NO/c1-15-11-5-7-13(15)8-6-12-16-14-9-3-2-4-10-14/h2-4,6,8-10,13H,5,7,11-12H2,1H3/b8-6+/t13-/m1/s1. The highest BCUT2D eigenvalue weighted by Crippen LogP contribution is 2.15. The largest absolute Gasteiger partial charge is 0.490 e. The highest BCUT2D eigenvalue weighted by molar-refractivity contribution is 5.21. The molecule has 0 spiro atoms. The lowest BCUT2D eigenvalue weighted by Crippen LogP contribution is -2.22. The van der Waals surface area contributed by atoms with Crippen molar-refractivity contribution < 1.29 is 4.74 Å². The molecule has 1 atom stereocenters. The summed E-state index contributed by atoms with van der Waals surface area (Å²) < 4.78 is 5.60. The molecule has 1 fully saturated rings. The fraction of sp³-hybridized carbons (Fsp3) is 0.429. The Bertz CT molecular complexity index is 334. The molecular weight excluding hydrogens is 198 g/mol. The average Bonchev–Trinajstić information content (AvgIpc) is 2.72. The molecule has 1 heterocycles. The van der Waals surface area contributed by atoms with Gasteiger partial charge in [0.05, 0.1) is 0 Å². The Labute approximate surface area is 97.5 Å². The summed E-state index contributed by atoms with van der Waals surface area (Å²) >= 11 is 0. The van der Waals surface area contributed by atoms with Crippen LogP contribution in [0.25, 0.3) is 0 Å². The Balaban J connectivity index is 1.73. The fourth-order valence-corrected chi connectivity index (χ4v) is 2.05. The first-order valence-corrected chi connectivity index (χ1v) is 5.91. The Morgan fingerprint density at radius 2 is 2.19 bits per heavy atom. The van der Waals surface area contributed by atoms with Gasteiger partial charge in [0, 0.05) is 6.04 Å². The molecule has 1 aliphatic heterocycles. The van der Waals surface area contributed by atoms with Crippen LogP contribution in [0.15, 0.2) is 42.5 Å². The molecule has 0 saturated carbocycles. The minimum absolute atomic E-state index is 0.611. The highest BCUT2D eigenvalue weighted by Gasteiger charge is 2.17. The van der Waals surface area contributed by atoms with Crippen molar-refractivity contribution >= 4 is 0 Å². The molecular formula is C14H19NO. The molecule has 2 nitrogen and oxygen atoms in total. The molecule has 1 aliphatic rings. The number of likely N-dealkylation sites (tertiary alicyclic amines) is 1. The number of ether oxygens (including phenoxy) is 1. The van der Waals surface area contributed by atoms with Crippen LogP contribution in [0, 0.1) is 0 Å². The fourth-order valence-electron chi connectivity index (χ4n) is 2.05. The number of rotatable bonds is 4. The molecule has 0 bridgehead atoms. The van der Waals surface area contributed by atoms with Gasteiger partial charge in [-0.25, -0.2) is 0 Å². The van der Waals surface area contributed by atoms with Crippen LogP contribution in [-0.2, 0) is 0 Å². The molecule has 0 unspecified atom stereocenters. The predicted octanol–water partition coefficient (Wildman–Crippen LogP) is 2.72. The van der Waals surface area contributed by atoms with Crippen molar-refractivity contribution in [2.45, 2.75) is 18.9 Å². The number of hydrogen-bond donors (Lipinski definition) is 0. The summed E-state index contributed by atoms with van der Waals surface area (Å²) in [6, 6.07) is 10.5. The first-order valence-electron chi connectivity index (χ1n) is 5.91. The molecule has 1 aromatic rings. The smallest absolute Gasteiger partial charge is 0.119 e. The predicted molar refractivity (Wildman–Crippen MR) is 66.7 cm³/mol. The van der Waals surface area contributed by atoms with E-state index in [-0.39, 0.29) is 0 Å². The second kappa shape index (κ2) is 5.71. The zero-order valence-electron chi connectivity index (χ0n) is 9.80. The van der Waals surface area contributed by atoms with Crippen LogP contribution < -0.4 is 4.74 Å². The van der Waals surface area contributed by atoms with E-state index in [9.17, 15) is 0 Å². The van der Waals surface area contributed by atoms with Crippen LogP contribution in [0.2, 0.25) is 0 Å². The van der Waals surface area contributed by atoms with Gasteiger partial charge in [0.15, 0.2) is 0 Å². The molecule has 0 radical (unpaired) electrons. The first-order chi connectivity index (χ1) is 7.86. The van der Waals surface area contributed by atoms with E-state index in [1.807, 2.05) is 30.3 Å². The molecule has 0 aliphatic carbocycles. The Kier molecular flexibility index (Phi) is 4.00. The lowest BCUT2D eigenvalue weighted by molar-refractivity contribution is 0.346. The summed E-state index contributed by atoms with van der Waals surface area (Å²) in [7, 11) is 2.18. The number of likely N-dealkylation sites (N-methyl/N-ethyl adjacent to an activating group) is 1. The minimum atomic E-state index is 0.611. The Morgan fingerprint density at radius 3 is 2.88 bits per heavy atom. The van der Waals surface area contributed by atoms with Gasteiger partial charge in [-0.05, 0) is 44.6 Å². The summed E-state index contributed by atoms with van der Waals surface area (Å²) in [6.45, 7) is 1.88. The third kappa shape index (κ3) is 3.11. The summed E-state index contributed by atoms with van der Waals surface area (Å²) in [4.78, 5) is 2.39. The van der Waals surface area contributed by atoms with Crippen molar-refractivity contribution in [2.24, 2.45) is 0 Å². The molecule has 16 heavy (non-hydrogen) atoms. The monoisotopic (exact) mass is 217 g/mol. The molecule has 86 valence electrons.